The monoisotopic (exact) mass is 305 g/mol. The van der Waals surface area contributed by atoms with Crippen molar-refractivity contribution in [3.8, 4) is 0 Å². The molecule has 0 aliphatic carbocycles. The number of aliphatic hydroxyl groups excluding tert-OH is 1. The van der Waals surface area contributed by atoms with E-state index in [1.165, 1.54) is 11.3 Å². The lowest BCUT2D eigenvalue weighted by Gasteiger charge is -2.36. The van der Waals surface area contributed by atoms with Crippen molar-refractivity contribution in [2.75, 3.05) is 70.5 Å². The van der Waals surface area contributed by atoms with Crippen LogP contribution in [0.5, 0.6) is 0 Å². The minimum atomic E-state index is 0.264. The van der Waals surface area contributed by atoms with Gasteiger partial charge < -0.3 is 14.7 Å². The van der Waals surface area contributed by atoms with Gasteiger partial charge in [0.15, 0.2) is 0 Å². The summed E-state index contributed by atoms with van der Waals surface area (Å²) in [6, 6.07) is 8.77. The molecule has 0 saturated carbocycles. The van der Waals surface area contributed by atoms with E-state index in [0.717, 1.165) is 65.6 Å². The summed E-state index contributed by atoms with van der Waals surface area (Å²) >= 11 is 0. The minimum absolute atomic E-state index is 0.264. The summed E-state index contributed by atoms with van der Waals surface area (Å²) < 4.78 is 5.47. The normalized spacial score (nSPS) is 21.2. The standard InChI is InChI=1S/C17H27N3O2/c21-12-9-18-5-7-19(8-6-18)15-16-3-1-2-4-17(16)20-10-13-22-14-11-20/h1-4,21H,5-15H2. The second-order valence-corrected chi connectivity index (χ2v) is 6.07. The predicted molar refractivity (Wildman–Crippen MR) is 88.3 cm³/mol. The van der Waals surface area contributed by atoms with E-state index in [-0.39, 0.29) is 6.61 Å². The minimum Gasteiger partial charge on any atom is -0.395 e. The van der Waals surface area contributed by atoms with Gasteiger partial charge in [0, 0.05) is 58.0 Å². The molecule has 0 bridgehead atoms. The van der Waals surface area contributed by atoms with Crippen LogP contribution in [0.3, 0.4) is 0 Å². The molecule has 2 aliphatic heterocycles. The van der Waals surface area contributed by atoms with Crippen LogP contribution in [0.4, 0.5) is 5.69 Å². The summed E-state index contributed by atoms with van der Waals surface area (Å²) in [6.07, 6.45) is 0. The number of aliphatic hydroxyl groups is 1. The van der Waals surface area contributed by atoms with Crippen molar-refractivity contribution in [3.05, 3.63) is 29.8 Å². The molecule has 122 valence electrons. The molecule has 2 heterocycles. The fraction of sp³-hybridized carbons (Fsp3) is 0.647. The van der Waals surface area contributed by atoms with Crippen molar-refractivity contribution >= 4 is 5.69 Å². The van der Waals surface area contributed by atoms with Crippen molar-refractivity contribution < 1.29 is 9.84 Å². The van der Waals surface area contributed by atoms with E-state index in [0.29, 0.717) is 0 Å². The number of rotatable bonds is 5. The van der Waals surface area contributed by atoms with E-state index >= 15 is 0 Å². The maximum absolute atomic E-state index is 9.03. The van der Waals surface area contributed by atoms with E-state index in [2.05, 4.69) is 39.0 Å². The van der Waals surface area contributed by atoms with Crippen molar-refractivity contribution in [1.29, 1.82) is 0 Å². The van der Waals surface area contributed by atoms with Gasteiger partial charge in [-0.15, -0.1) is 0 Å². The summed E-state index contributed by atoms with van der Waals surface area (Å²) in [5.41, 5.74) is 2.78. The largest absolute Gasteiger partial charge is 0.395 e. The van der Waals surface area contributed by atoms with Gasteiger partial charge in [0.2, 0.25) is 0 Å². The second kappa shape index (κ2) is 7.92. The summed E-state index contributed by atoms with van der Waals surface area (Å²) in [5, 5.41) is 9.03. The van der Waals surface area contributed by atoms with Gasteiger partial charge >= 0.3 is 0 Å². The lowest BCUT2D eigenvalue weighted by Crippen LogP contribution is -2.46. The molecule has 0 amide bonds. The Labute approximate surface area is 133 Å². The quantitative estimate of drug-likeness (QED) is 0.864. The number of hydrogen-bond donors (Lipinski definition) is 1. The van der Waals surface area contributed by atoms with Gasteiger partial charge in [-0.1, -0.05) is 18.2 Å². The maximum Gasteiger partial charge on any atom is 0.0642 e. The molecule has 1 aromatic carbocycles. The third kappa shape index (κ3) is 3.98. The Hall–Kier alpha value is -1.14. The number of nitrogens with zero attached hydrogens (tertiary/aromatic N) is 3. The average Bonchev–Trinajstić information content (AvgIpc) is 2.58. The molecule has 2 aliphatic rings. The maximum atomic E-state index is 9.03. The third-order valence-electron chi connectivity index (χ3n) is 4.62. The molecule has 2 saturated heterocycles. The zero-order valence-electron chi connectivity index (χ0n) is 13.3. The Morgan fingerprint density at radius 1 is 0.909 bits per heavy atom. The Kier molecular flexibility index (Phi) is 5.67. The zero-order chi connectivity index (χ0) is 15.2. The molecule has 3 rings (SSSR count). The number of para-hydroxylation sites is 1. The summed E-state index contributed by atoms with van der Waals surface area (Å²) in [6.45, 7) is 9.99. The van der Waals surface area contributed by atoms with Crippen LogP contribution in [0.15, 0.2) is 24.3 Å². The number of β-amino-alcohol motifs (C(OH)–C–C–N with tert-alkyl or cyclic N) is 1. The molecule has 0 unspecified atom stereocenters. The van der Waals surface area contributed by atoms with Gasteiger partial charge in [-0.25, -0.2) is 0 Å². The summed E-state index contributed by atoms with van der Waals surface area (Å²) in [5.74, 6) is 0. The van der Waals surface area contributed by atoms with Crippen LogP contribution < -0.4 is 4.90 Å². The van der Waals surface area contributed by atoms with E-state index in [1.54, 1.807) is 0 Å². The van der Waals surface area contributed by atoms with E-state index in [1.807, 2.05) is 0 Å². The van der Waals surface area contributed by atoms with Gasteiger partial charge in [-0.3, -0.25) is 9.80 Å². The Balaban J connectivity index is 1.60. The highest BCUT2D eigenvalue weighted by atomic mass is 16.5. The molecule has 0 atom stereocenters. The van der Waals surface area contributed by atoms with Gasteiger partial charge in [-0.2, -0.15) is 0 Å². The fourth-order valence-electron chi connectivity index (χ4n) is 3.31. The molecule has 0 aromatic heterocycles. The third-order valence-corrected chi connectivity index (χ3v) is 4.62. The van der Waals surface area contributed by atoms with Gasteiger partial charge in [0.25, 0.3) is 0 Å². The number of morpholine rings is 1. The van der Waals surface area contributed by atoms with Crippen molar-refractivity contribution in [2.24, 2.45) is 0 Å². The number of benzene rings is 1. The molecular formula is C17H27N3O2. The summed E-state index contributed by atoms with van der Waals surface area (Å²) in [4.78, 5) is 7.30. The molecule has 2 fully saturated rings. The Morgan fingerprint density at radius 3 is 2.32 bits per heavy atom. The molecular weight excluding hydrogens is 278 g/mol. The first kappa shape index (κ1) is 15.7. The Morgan fingerprint density at radius 2 is 1.59 bits per heavy atom. The van der Waals surface area contributed by atoms with Gasteiger partial charge in [0.05, 0.1) is 19.8 Å². The van der Waals surface area contributed by atoms with E-state index in [4.69, 9.17) is 9.84 Å². The van der Waals surface area contributed by atoms with Crippen LogP contribution in [0.2, 0.25) is 0 Å². The Bertz CT molecular complexity index is 455. The smallest absolute Gasteiger partial charge is 0.0642 e. The fourth-order valence-corrected chi connectivity index (χ4v) is 3.31. The lowest BCUT2D eigenvalue weighted by atomic mass is 10.1. The highest BCUT2D eigenvalue weighted by Gasteiger charge is 2.19. The highest BCUT2D eigenvalue weighted by Crippen LogP contribution is 2.23. The van der Waals surface area contributed by atoms with Crippen LogP contribution in [0, 0.1) is 0 Å². The topological polar surface area (TPSA) is 39.2 Å². The van der Waals surface area contributed by atoms with Crippen LogP contribution >= 0.6 is 0 Å². The van der Waals surface area contributed by atoms with Crippen LogP contribution in [-0.2, 0) is 11.3 Å². The number of piperazine rings is 1. The van der Waals surface area contributed by atoms with Crippen molar-refractivity contribution in [3.63, 3.8) is 0 Å². The molecule has 0 spiro atoms. The van der Waals surface area contributed by atoms with Gasteiger partial charge in [0.1, 0.15) is 0 Å². The molecule has 5 nitrogen and oxygen atoms in total. The molecule has 1 aromatic rings. The zero-order valence-corrected chi connectivity index (χ0v) is 13.3. The summed E-state index contributed by atoms with van der Waals surface area (Å²) in [7, 11) is 0. The lowest BCUT2D eigenvalue weighted by molar-refractivity contribution is 0.108. The van der Waals surface area contributed by atoms with Crippen LogP contribution in [0.1, 0.15) is 5.56 Å². The van der Waals surface area contributed by atoms with Crippen LogP contribution in [-0.4, -0.2) is 80.5 Å². The molecule has 22 heavy (non-hydrogen) atoms. The van der Waals surface area contributed by atoms with Gasteiger partial charge in [-0.05, 0) is 11.6 Å². The van der Waals surface area contributed by atoms with E-state index < -0.39 is 0 Å². The number of anilines is 1. The number of hydrogen-bond acceptors (Lipinski definition) is 5. The van der Waals surface area contributed by atoms with E-state index in [9.17, 15) is 0 Å². The first-order valence-electron chi connectivity index (χ1n) is 8.33. The molecule has 0 radical (unpaired) electrons. The SMILES string of the molecule is OCCN1CCN(Cc2ccccc2N2CCOCC2)CC1. The first-order valence-corrected chi connectivity index (χ1v) is 8.33. The average molecular weight is 305 g/mol. The highest BCUT2D eigenvalue weighted by molar-refractivity contribution is 5.53. The second-order valence-electron chi connectivity index (χ2n) is 6.07. The van der Waals surface area contributed by atoms with Crippen LogP contribution in [0.25, 0.3) is 0 Å². The number of ether oxygens (including phenoxy) is 1. The molecule has 1 N–H and O–H groups in total. The van der Waals surface area contributed by atoms with Crippen molar-refractivity contribution in [1.82, 2.24) is 9.80 Å². The molecule has 5 heteroatoms. The predicted octanol–water partition coefficient (Wildman–Crippen LogP) is 0.633. The van der Waals surface area contributed by atoms with Crippen molar-refractivity contribution in [2.45, 2.75) is 6.54 Å². The first-order chi connectivity index (χ1) is 10.9.